The standard InChI is InChI=1S/C16H18N6O/c1-22(2)7-6-18-15-11-19-14(10-20-15)16(23)21-13-5-3-4-12(8-13)9-17/h3-5,8,10-11H,6-7H2,1-2H3,(H,18,20)(H,21,23). The predicted octanol–water partition coefficient (Wildman–Crippen LogP) is 1.57. The van der Waals surface area contributed by atoms with E-state index in [2.05, 4.69) is 25.5 Å². The van der Waals surface area contributed by atoms with E-state index in [9.17, 15) is 4.79 Å². The molecule has 0 fully saturated rings. The molecule has 0 atom stereocenters. The fourth-order valence-electron chi connectivity index (χ4n) is 1.81. The van der Waals surface area contributed by atoms with E-state index in [1.54, 1.807) is 24.3 Å². The third-order valence-electron chi connectivity index (χ3n) is 3.00. The van der Waals surface area contributed by atoms with Gasteiger partial charge in [0.1, 0.15) is 11.5 Å². The van der Waals surface area contributed by atoms with Crippen LogP contribution < -0.4 is 10.6 Å². The molecule has 2 rings (SSSR count). The molecule has 1 aromatic heterocycles. The molecule has 2 N–H and O–H groups in total. The Morgan fingerprint density at radius 1 is 1.30 bits per heavy atom. The molecule has 0 saturated carbocycles. The lowest BCUT2D eigenvalue weighted by atomic mass is 10.2. The Labute approximate surface area is 135 Å². The van der Waals surface area contributed by atoms with E-state index in [0.29, 0.717) is 17.1 Å². The Bertz CT molecular complexity index is 705. The maximum absolute atomic E-state index is 12.1. The summed E-state index contributed by atoms with van der Waals surface area (Å²) in [4.78, 5) is 22.4. The molecule has 1 amide bonds. The maximum Gasteiger partial charge on any atom is 0.275 e. The molecule has 7 nitrogen and oxygen atoms in total. The van der Waals surface area contributed by atoms with Crippen molar-refractivity contribution in [3.8, 4) is 6.07 Å². The van der Waals surface area contributed by atoms with Crippen molar-refractivity contribution in [3.63, 3.8) is 0 Å². The Morgan fingerprint density at radius 3 is 2.78 bits per heavy atom. The monoisotopic (exact) mass is 310 g/mol. The zero-order valence-corrected chi connectivity index (χ0v) is 13.1. The van der Waals surface area contributed by atoms with E-state index in [1.165, 1.54) is 12.4 Å². The number of carbonyl (C=O) groups excluding carboxylic acids is 1. The third-order valence-corrected chi connectivity index (χ3v) is 3.00. The van der Waals surface area contributed by atoms with Crippen molar-refractivity contribution >= 4 is 17.4 Å². The number of amides is 1. The number of hydrogen-bond acceptors (Lipinski definition) is 6. The number of nitrogens with one attached hydrogen (secondary N) is 2. The van der Waals surface area contributed by atoms with E-state index in [1.807, 2.05) is 20.2 Å². The number of nitriles is 1. The van der Waals surface area contributed by atoms with Crippen LogP contribution in [0, 0.1) is 11.3 Å². The molecule has 1 aromatic carbocycles. The van der Waals surface area contributed by atoms with Crippen molar-refractivity contribution in [2.75, 3.05) is 37.8 Å². The highest BCUT2D eigenvalue weighted by molar-refractivity contribution is 6.02. The molecule has 0 unspecified atom stereocenters. The van der Waals surface area contributed by atoms with Crippen LogP contribution in [0.2, 0.25) is 0 Å². The minimum absolute atomic E-state index is 0.213. The third kappa shape index (κ3) is 5.05. The second-order valence-corrected chi connectivity index (χ2v) is 5.16. The molecule has 0 bridgehead atoms. The molecule has 118 valence electrons. The Hall–Kier alpha value is -2.98. The second kappa shape index (κ2) is 7.87. The lowest BCUT2D eigenvalue weighted by Gasteiger charge is -2.10. The van der Waals surface area contributed by atoms with Crippen LogP contribution in [0.4, 0.5) is 11.5 Å². The normalized spacial score (nSPS) is 10.2. The molecule has 23 heavy (non-hydrogen) atoms. The van der Waals surface area contributed by atoms with Crippen molar-refractivity contribution < 1.29 is 4.79 Å². The zero-order valence-electron chi connectivity index (χ0n) is 13.1. The van der Waals surface area contributed by atoms with Crippen LogP contribution >= 0.6 is 0 Å². The van der Waals surface area contributed by atoms with Gasteiger partial charge in [0.05, 0.1) is 24.0 Å². The summed E-state index contributed by atoms with van der Waals surface area (Å²) in [5.41, 5.74) is 1.24. The zero-order chi connectivity index (χ0) is 16.7. The molecular weight excluding hydrogens is 292 g/mol. The van der Waals surface area contributed by atoms with Gasteiger partial charge in [-0.25, -0.2) is 9.97 Å². The van der Waals surface area contributed by atoms with Crippen LogP contribution in [-0.4, -0.2) is 48.0 Å². The predicted molar refractivity (Wildman–Crippen MR) is 88.2 cm³/mol. The van der Waals surface area contributed by atoms with Crippen molar-refractivity contribution in [2.24, 2.45) is 0 Å². The van der Waals surface area contributed by atoms with Crippen LogP contribution in [-0.2, 0) is 0 Å². The van der Waals surface area contributed by atoms with Crippen LogP contribution in [0.15, 0.2) is 36.7 Å². The van der Waals surface area contributed by atoms with E-state index < -0.39 is 0 Å². The lowest BCUT2D eigenvalue weighted by Crippen LogP contribution is -2.21. The minimum atomic E-state index is -0.368. The number of benzene rings is 1. The Kier molecular flexibility index (Phi) is 5.61. The first-order valence-corrected chi connectivity index (χ1v) is 7.10. The highest BCUT2D eigenvalue weighted by Crippen LogP contribution is 2.11. The van der Waals surface area contributed by atoms with E-state index in [0.717, 1.165) is 13.1 Å². The number of nitrogens with zero attached hydrogens (tertiary/aromatic N) is 4. The topological polar surface area (TPSA) is 93.9 Å². The van der Waals surface area contributed by atoms with E-state index >= 15 is 0 Å². The SMILES string of the molecule is CN(C)CCNc1cnc(C(=O)Nc2cccc(C#N)c2)cn1. The smallest absolute Gasteiger partial charge is 0.275 e. The van der Waals surface area contributed by atoms with Crippen LogP contribution in [0.5, 0.6) is 0 Å². The minimum Gasteiger partial charge on any atom is -0.368 e. The number of anilines is 2. The van der Waals surface area contributed by atoms with Crippen LogP contribution in [0.3, 0.4) is 0 Å². The van der Waals surface area contributed by atoms with Gasteiger partial charge in [0.25, 0.3) is 5.91 Å². The van der Waals surface area contributed by atoms with Gasteiger partial charge in [-0.3, -0.25) is 4.79 Å². The molecule has 0 aliphatic rings. The van der Waals surface area contributed by atoms with Crippen LogP contribution in [0.25, 0.3) is 0 Å². The molecule has 0 aliphatic carbocycles. The number of carbonyl (C=O) groups is 1. The molecule has 0 radical (unpaired) electrons. The van der Waals surface area contributed by atoms with Crippen molar-refractivity contribution in [3.05, 3.63) is 47.9 Å². The molecule has 0 spiro atoms. The van der Waals surface area contributed by atoms with Gasteiger partial charge in [0.15, 0.2) is 0 Å². The first kappa shape index (κ1) is 16.4. The largest absolute Gasteiger partial charge is 0.368 e. The van der Waals surface area contributed by atoms with Gasteiger partial charge in [-0.05, 0) is 32.3 Å². The highest BCUT2D eigenvalue weighted by atomic mass is 16.1. The molecule has 0 aliphatic heterocycles. The van der Waals surface area contributed by atoms with Crippen molar-refractivity contribution in [1.29, 1.82) is 5.26 Å². The quantitative estimate of drug-likeness (QED) is 0.841. The summed E-state index contributed by atoms with van der Waals surface area (Å²) in [6.07, 6.45) is 2.94. The summed E-state index contributed by atoms with van der Waals surface area (Å²) < 4.78 is 0. The summed E-state index contributed by atoms with van der Waals surface area (Å²) in [6, 6.07) is 8.71. The summed E-state index contributed by atoms with van der Waals surface area (Å²) >= 11 is 0. The Balaban J connectivity index is 1.96. The van der Waals surface area contributed by atoms with Crippen LogP contribution in [0.1, 0.15) is 16.1 Å². The van der Waals surface area contributed by atoms with Gasteiger partial charge in [0.2, 0.25) is 0 Å². The van der Waals surface area contributed by atoms with Gasteiger partial charge >= 0.3 is 0 Å². The number of aromatic nitrogens is 2. The average Bonchev–Trinajstić information content (AvgIpc) is 2.55. The van der Waals surface area contributed by atoms with Crippen molar-refractivity contribution in [2.45, 2.75) is 0 Å². The second-order valence-electron chi connectivity index (χ2n) is 5.16. The Morgan fingerprint density at radius 2 is 2.13 bits per heavy atom. The molecule has 0 saturated heterocycles. The fraction of sp³-hybridized carbons (Fsp3) is 0.250. The maximum atomic E-state index is 12.1. The first-order valence-electron chi connectivity index (χ1n) is 7.10. The molecule has 1 heterocycles. The van der Waals surface area contributed by atoms with E-state index in [4.69, 9.17) is 5.26 Å². The lowest BCUT2D eigenvalue weighted by molar-refractivity contribution is 0.102. The van der Waals surface area contributed by atoms with E-state index in [-0.39, 0.29) is 11.6 Å². The van der Waals surface area contributed by atoms with Crippen molar-refractivity contribution in [1.82, 2.24) is 14.9 Å². The summed E-state index contributed by atoms with van der Waals surface area (Å²) in [5, 5.41) is 14.7. The summed E-state index contributed by atoms with van der Waals surface area (Å²) in [7, 11) is 3.98. The number of hydrogen-bond donors (Lipinski definition) is 2. The number of rotatable bonds is 6. The highest BCUT2D eigenvalue weighted by Gasteiger charge is 2.09. The van der Waals surface area contributed by atoms with Gasteiger partial charge in [-0.15, -0.1) is 0 Å². The molecule has 7 heteroatoms. The fourth-order valence-corrected chi connectivity index (χ4v) is 1.81. The van der Waals surface area contributed by atoms with Gasteiger partial charge in [-0.2, -0.15) is 5.26 Å². The summed E-state index contributed by atoms with van der Waals surface area (Å²) in [6.45, 7) is 1.62. The average molecular weight is 310 g/mol. The summed E-state index contributed by atoms with van der Waals surface area (Å²) in [5.74, 6) is 0.252. The molecule has 2 aromatic rings. The van der Waals surface area contributed by atoms with Gasteiger partial charge < -0.3 is 15.5 Å². The first-order chi connectivity index (χ1) is 11.1. The van der Waals surface area contributed by atoms with Gasteiger partial charge in [-0.1, -0.05) is 6.07 Å². The number of likely N-dealkylation sites (N-methyl/N-ethyl adjacent to an activating group) is 1. The molecular formula is C16H18N6O. The van der Waals surface area contributed by atoms with Gasteiger partial charge in [0, 0.05) is 18.8 Å².